The minimum atomic E-state index is -0.734. The van der Waals surface area contributed by atoms with Gasteiger partial charge < -0.3 is 10.0 Å². The molecule has 1 N–H and O–H groups in total. The van der Waals surface area contributed by atoms with Crippen LogP contribution >= 0.6 is 0 Å². The van der Waals surface area contributed by atoms with Crippen molar-refractivity contribution in [1.82, 2.24) is 4.90 Å². The van der Waals surface area contributed by atoms with E-state index in [1.807, 2.05) is 38.1 Å². The molecule has 0 saturated carbocycles. The third-order valence-corrected chi connectivity index (χ3v) is 4.44. The summed E-state index contributed by atoms with van der Waals surface area (Å²) in [7, 11) is 0. The van der Waals surface area contributed by atoms with E-state index >= 15 is 0 Å². The lowest BCUT2D eigenvalue weighted by molar-refractivity contribution is -0.152. The van der Waals surface area contributed by atoms with Crippen molar-refractivity contribution >= 4 is 11.9 Å². The van der Waals surface area contributed by atoms with Gasteiger partial charge in [0.1, 0.15) is 0 Å². The molecule has 1 aliphatic rings. The van der Waals surface area contributed by atoms with Crippen LogP contribution in [0.25, 0.3) is 0 Å². The number of aliphatic carboxylic acids is 1. The zero-order valence-corrected chi connectivity index (χ0v) is 12.1. The molecule has 1 saturated heterocycles. The lowest BCUT2D eigenvalue weighted by Gasteiger charge is -2.38. The number of carbonyl (C=O) groups excluding carboxylic acids is 1. The molecule has 0 atom stereocenters. The number of hydrogen-bond donors (Lipinski definition) is 1. The fourth-order valence-electron chi connectivity index (χ4n) is 2.74. The predicted octanol–water partition coefficient (Wildman–Crippen LogP) is 2.71. The van der Waals surface area contributed by atoms with Crippen LogP contribution in [0.2, 0.25) is 0 Å². The molecule has 1 aliphatic heterocycles. The monoisotopic (exact) mass is 275 g/mol. The number of nitrogens with zero attached hydrogens (tertiary/aromatic N) is 1. The third-order valence-electron chi connectivity index (χ3n) is 4.44. The maximum absolute atomic E-state index is 12.4. The molecule has 0 spiro atoms. The molecule has 0 aromatic heterocycles. The number of likely N-dealkylation sites (tertiary alicyclic amines) is 1. The average Bonchev–Trinajstić information content (AvgIpc) is 2.47. The fourth-order valence-corrected chi connectivity index (χ4v) is 2.74. The molecule has 0 aliphatic carbocycles. The maximum atomic E-state index is 12.4. The highest BCUT2D eigenvalue weighted by Gasteiger charge is 2.40. The average molecular weight is 275 g/mol. The SMILES string of the molecule is CCC1(C(=O)O)CCN(C(=O)c2ccc(C)cc2)CC1. The molecular weight excluding hydrogens is 254 g/mol. The van der Waals surface area contributed by atoms with Crippen molar-refractivity contribution in [1.29, 1.82) is 0 Å². The van der Waals surface area contributed by atoms with Gasteiger partial charge >= 0.3 is 5.97 Å². The van der Waals surface area contributed by atoms with Crippen molar-refractivity contribution in [3.8, 4) is 0 Å². The first kappa shape index (κ1) is 14.6. The summed E-state index contributed by atoms with van der Waals surface area (Å²) in [5.41, 5.74) is 1.15. The molecule has 0 radical (unpaired) electrons. The van der Waals surface area contributed by atoms with Crippen LogP contribution in [0.4, 0.5) is 0 Å². The van der Waals surface area contributed by atoms with Gasteiger partial charge in [0.25, 0.3) is 5.91 Å². The van der Waals surface area contributed by atoms with Crippen molar-refractivity contribution in [2.24, 2.45) is 5.41 Å². The number of amides is 1. The largest absolute Gasteiger partial charge is 0.481 e. The highest BCUT2D eigenvalue weighted by molar-refractivity contribution is 5.94. The molecule has 1 amide bonds. The number of benzene rings is 1. The van der Waals surface area contributed by atoms with Gasteiger partial charge in [-0.2, -0.15) is 0 Å². The van der Waals surface area contributed by atoms with Gasteiger partial charge in [-0.1, -0.05) is 24.6 Å². The normalized spacial score (nSPS) is 17.8. The molecule has 4 nitrogen and oxygen atoms in total. The van der Waals surface area contributed by atoms with Gasteiger partial charge in [0.2, 0.25) is 0 Å². The Balaban J connectivity index is 2.05. The van der Waals surface area contributed by atoms with Crippen LogP contribution in [0, 0.1) is 12.3 Å². The number of carboxylic acid groups (broad SMARTS) is 1. The highest BCUT2D eigenvalue weighted by Crippen LogP contribution is 2.35. The molecular formula is C16H21NO3. The fraction of sp³-hybridized carbons (Fsp3) is 0.500. The van der Waals surface area contributed by atoms with Gasteiger partial charge in [-0.3, -0.25) is 9.59 Å². The summed E-state index contributed by atoms with van der Waals surface area (Å²) in [5.74, 6) is -0.734. The number of carbonyl (C=O) groups is 2. The number of hydrogen-bond acceptors (Lipinski definition) is 2. The summed E-state index contributed by atoms with van der Waals surface area (Å²) in [5, 5.41) is 9.36. The number of rotatable bonds is 3. The van der Waals surface area contributed by atoms with Crippen molar-refractivity contribution in [2.45, 2.75) is 33.1 Å². The van der Waals surface area contributed by atoms with E-state index in [0.29, 0.717) is 37.9 Å². The van der Waals surface area contributed by atoms with Crippen LogP contribution in [-0.2, 0) is 4.79 Å². The summed E-state index contributed by atoms with van der Waals surface area (Å²) in [4.78, 5) is 25.5. The van der Waals surface area contributed by atoms with Gasteiger partial charge in [0, 0.05) is 18.7 Å². The van der Waals surface area contributed by atoms with Gasteiger partial charge in [0.15, 0.2) is 0 Å². The van der Waals surface area contributed by atoms with Crippen LogP contribution in [-0.4, -0.2) is 35.0 Å². The number of carboxylic acids is 1. The second-order valence-corrected chi connectivity index (χ2v) is 5.60. The second-order valence-electron chi connectivity index (χ2n) is 5.60. The Kier molecular flexibility index (Phi) is 4.12. The smallest absolute Gasteiger partial charge is 0.309 e. The second kappa shape index (κ2) is 5.65. The van der Waals surface area contributed by atoms with Gasteiger partial charge in [-0.05, 0) is 38.3 Å². The lowest BCUT2D eigenvalue weighted by atomic mass is 9.76. The van der Waals surface area contributed by atoms with Gasteiger partial charge in [0.05, 0.1) is 5.41 Å². The molecule has 1 aromatic carbocycles. The Morgan fingerprint density at radius 1 is 1.20 bits per heavy atom. The summed E-state index contributed by atoms with van der Waals surface area (Å²) in [6.07, 6.45) is 1.70. The molecule has 4 heteroatoms. The summed E-state index contributed by atoms with van der Waals surface area (Å²) >= 11 is 0. The van der Waals surface area contributed by atoms with E-state index in [1.165, 1.54) is 0 Å². The molecule has 1 fully saturated rings. The molecule has 20 heavy (non-hydrogen) atoms. The summed E-state index contributed by atoms with van der Waals surface area (Å²) in [6, 6.07) is 7.50. The third kappa shape index (κ3) is 2.69. The van der Waals surface area contributed by atoms with Gasteiger partial charge in [-0.15, -0.1) is 0 Å². The molecule has 0 bridgehead atoms. The zero-order valence-electron chi connectivity index (χ0n) is 12.1. The number of aryl methyl sites for hydroxylation is 1. The topological polar surface area (TPSA) is 57.6 Å². The molecule has 108 valence electrons. The quantitative estimate of drug-likeness (QED) is 0.922. The van der Waals surface area contributed by atoms with Crippen molar-refractivity contribution in [3.63, 3.8) is 0 Å². The van der Waals surface area contributed by atoms with E-state index in [9.17, 15) is 14.7 Å². The van der Waals surface area contributed by atoms with E-state index in [2.05, 4.69) is 0 Å². The first-order valence-corrected chi connectivity index (χ1v) is 7.08. The van der Waals surface area contributed by atoms with E-state index in [1.54, 1.807) is 4.90 Å². The Bertz CT molecular complexity index is 499. The van der Waals surface area contributed by atoms with Crippen LogP contribution in [0.1, 0.15) is 42.1 Å². The predicted molar refractivity (Wildman–Crippen MR) is 76.7 cm³/mol. The minimum Gasteiger partial charge on any atom is -0.481 e. The lowest BCUT2D eigenvalue weighted by Crippen LogP contribution is -2.46. The zero-order chi connectivity index (χ0) is 14.8. The molecule has 0 unspecified atom stereocenters. The van der Waals surface area contributed by atoms with Crippen molar-refractivity contribution in [2.75, 3.05) is 13.1 Å². The van der Waals surface area contributed by atoms with E-state index in [0.717, 1.165) is 5.56 Å². The van der Waals surface area contributed by atoms with Crippen LogP contribution < -0.4 is 0 Å². The van der Waals surface area contributed by atoms with Crippen LogP contribution in [0.5, 0.6) is 0 Å². The highest BCUT2D eigenvalue weighted by atomic mass is 16.4. The van der Waals surface area contributed by atoms with Crippen molar-refractivity contribution in [3.05, 3.63) is 35.4 Å². The Labute approximate surface area is 119 Å². The Morgan fingerprint density at radius 3 is 2.20 bits per heavy atom. The van der Waals surface area contributed by atoms with Crippen LogP contribution in [0.3, 0.4) is 0 Å². The van der Waals surface area contributed by atoms with E-state index in [-0.39, 0.29) is 5.91 Å². The minimum absolute atomic E-state index is 0.0000850. The molecule has 1 aromatic rings. The Morgan fingerprint density at radius 2 is 1.75 bits per heavy atom. The first-order chi connectivity index (χ1) is 9.48. The molecule has 2 rings (SSSR count). The number of piperidine rings is 1. The standard InChI is InChI=1S/C16H21NO3/c1-3-16(15(19)20)8-10-17(11-9-16)14(18)13-6-4-12(2)5-7-13/h4-7H,3,8-11H2,1-2H3,(H,19,20). The maximum Gasteiger partial charge on any atom is 0.309 e. The summed E-state index contributed by atoms with van der Waals surface area (Å²) in [6.45, 7) is 4.93. The van der Waals surface area contributed by atoms with Crippen molar-refractivity contribution < 1.29 is 14.7 Å². The van der Waals surface area contributed by atoms with Crippen LogP contribution in [0.15, 0.2) is 24.3 Å². The summed E-state index contributed by atoms with van der Waals surface area (Å²) < 4.78 is 0. The van der Waals surface area contributed by atoms with Gasteiger partial charge in [-0.25, -0.2) is 0 Å². The first-order valence-electron chi connectivity index (χ1n) is 7.08. The van der Waals surface area contributed by atoms with E-state index < -0.39 is 11.4 Å². The molecule has 1 heterocycles. The Hall–Kier alpha value is -1.84. The van der Waals surface area contributed by atoms with E-state index in [4.69, 9.17) is 0 Å².